The van der Waals surface area contributed by atoms with Gasteiger partial charge in [-0.1, -0.05) is 27.7 Å². The molecule has 1 fully saturated rings. The van der Waals surface area contributed by atoms with E-state index in [0.717, 1.165) is 0 Å². The molecule has 7 nitrogen and oxygen atoms in total. The molecule has 0 spiro atoms. The van der Waals surface area contributed by atoms with Crippen LogP contribution in [-0.2, 0) is 14.3 Å². The maximum Gasteiger partial charge on any atom is 0.255 e. The van der Waals surface area contributed by atoms with E-state index in [0.29, 0.717) is 24.2 Å². The van der Waals surface area contributed by atoms with E-state index in [1.54, 1.807) is 13.0 Å². The molecule has 0 radical (unpaired) electrons. The molecule has 2 rings (SSSR count). The molecule has 2 amide bonds. The fourth-order valence-corrected chi connectivity index (χ4v) is 3.04. The van der Waals surface area contributed by atoms with Crippen molar-refractivity contribution in [3.05, 3.63) is 23.7 Å². The molecular formula is C19H28N2O5. The lowest BCUT2D eigenvalue weighted by Gasteiger charge is -2.27. The summed E-state index contributed by atoms with van der Waals surface area (Å²) < 4.78 is 10.6. The summed E-state index contributed by atoms with van der Waals surface area (Å²) in [6.45, 7) is 9.56. The number of carbonyl (C=O) groups excluding carboxylic acids is 3. The first kappa shape index (κ1) is 20.2. The molecule has 26 heavy (non-hydrogen) atoms. The van der Waals surface area contributed by atoms with Crippen molar-refractivity contribution in [2.45, 2.75) is 65.6 Å². The number of ether oxygens (including phenoxy) is 1. The van der Waals surface area contributed by atoms with Crippen LogP contribution in [0.1, 0.15) is 56.7 Å². The Balaban J connectivity index is 2.13. The maximum atomic E-state index is 12.8. The van der Waals surface area contributed by atoms with Crippen LogP contribution in [0.5, 0.6) is 0 Å². The summed E-state index contributed by atoms with van der Waals surface area (Å²) in [7, 11) is 0. The molecule has 0 aromatic carbocycles. The van der Waals surface area contributed by atoms with Crippen molar-refractivity contribution in [2.75, 3.05) is 6.61 Å². The second-order valence-electron chi connectivity index (χ2n) is 7.89. The molecule has 7 heteroatoms. The van der Waals surface area contributed by atoms with Gasteiger partial charge in [-0.05, 0) is 31.2 Å². The predicted molar refractivity (Wildman–Crippen MR) is 95.7 cm³/mol. The number of hydrogen-bond donors (Lipinski definition) is 2. The Kier molecular flexibility index (Phi) is 6.23. The molecule has 144 valence electrons. The molecule has 3 atom stereocenters. The predicted octanol–water partition coefficient (Wildman–Crippen LogP) is 1.99. The van der Waals surface area contributed by atoms with Gasteiger partial charge in [-0.25, -0.2) is 0 Å². The van der Waals surface area contributed by atoms with Gasteiger partial charge in [0.25, 0.3) is 5.91 Å². The molecule has 1 aliphatic heterocycles. The van der Waals surface area contributed by atoms with E-state index >= 15 is 0 Å². The average molecular weight is 364 g/mol. The Morgan fingerprint density at radius 3 is 2.58 bits per heavy atom. The van der Waals surface area contributed by atoms with Gasteiger partial charge in [0, 0.05) is 0 Å². The number of hydrogen-bond acceptors (Lipinski definition) is 5. The highest BCUT2D eigenvalue weighted by Crippen LogP contribution is 2.22. The van der Waals surface area contributed by atoms with Gasteiger partial charge < -0.3 is 19.8 Å². The summed E-state index contributed by atoms with van der Waals surface area (Å²) in [6, 6.07) is 0.142. The lowest BCUT2D eigenvalue weighted by molar-refractivity contribution is -0.128. The summed E-state index contributed by atoms with van der Waals surface area (Å²) >= 11 is 0. The fraction of sp³-hybridized carbons (Fsp3) is 0.632. The second-order valence-corrected chi connectivity index (χ2v) is 7.89. The van der Waals surface area contributed by atoms with Gasteiger partial charge in [0.05, 0.1) is 17.9 Å². The number of aryl methyl sites for hydroxylation is 1. The summed E-state index contributed by atoms with van der Waals surface area (Å²) in [5.74, 6) is -0.405. The normalized spacial score (nSPS) is 21.5. The number of carbonyl (C=O) groups is 3. The first-order valence-corrected chi connectivity index (χ1v) is 8.92. The van der Waals surface area contributed by atoms with Crippen LogP contribution in [0.2, 0.25) is 0 Å². The third-order valence-electron chi connectivity index (χ3n) is 4.40. The molecule has 1 saturated heterocycles. The zero-order chi connectivity index (χ0) is 19.5. The quantitative estimate of drug-likeness (QED) is 0.804. The van der Waals surface area contributed by atoms with Gasteiger partial charge in [0.15, 0.2) is 5.78 Å². The van der Waals surface area contributed by atoms with Crippen molar-refractivity contribution in [1.82, 2.24) is 10.6 Å². The highest BCUT2D eigenvalue weighted by Gasteiger charge is 2.38. The van der Waals surface area contributed by atoms with Crippen molar-refractivity contribution in [3.63, 3.8) is 0 Å². The summed E-state index contributed by atoms with van der Waals surface area (Å²) in [5, 5.41) is 5.54. The third kappa shape index (κ3) is 4.94. The molecule has 0 aliphatic carbocycles. The SMILES string of the molecule is CCC1OCC(=O)C1NC(=O)C(CC(C)(C)C)NC(=O)c1ccoc1C. The van der Waals surface area contributed by atoms with E-state index < -0.39 is 12.1 Å². The van der Waals surface area contributed by atoms with Gasteiger partial charge in [-0.2, -0.15) is 0 Å². The van der Waals surface area contributed by atoms with Crippen LogP contribution in [-0.4, -0.2) is 42.4 Å². The van der Waals surface area contributed by atoms with Crippen LogP contribution >= 0.6 is 0 Å². The van der Waals surface area contributed by atoms with Gasteiger partial charge >= 0.3 is 0 Å². The smallest absolute Gasteiger partial charge is 0.255 e. The minimum atomic E-state index is -0.761. The van der Waals surface area contributed by atoms with E-state index in [9.17, 15) is 14.4 Å². The number of rotatable bonds is 6. The Morgan fingerprint density at radius 1 is 1.35 bits per heavy atom. The standard InChI is InChI=1S/C19H28N2O5/c1-6-15-16(14(22)10-26-15)21-18(24)13(9-19(3,4)5)20-17(23)12-7-8-25-11(12)2/h7-8,13,15-16H,6,9-10H2,1-5H3,(H,20,23)(H,21,24). The van der Waals surface area contributed by atoms with Crippen LogP contribution in [0.3, 0.4) is 0 Å². The first-order valence-electron chi connectivity index (χ1n) is 8.92. The molecule has 1 aliphatic rings. The van der Waals surface area contributed by atoms with E-state index in [-0.39, 0.29) is 35.7 Å². The Morgan fingerprint density at radius 2 is 2.04 bits per heavy atom. The van der Waals surface area contributed by atoms with Gasteiger partial charge in [0.1, 0.15) is 24.5 Å². The molecule has 2 N–H and O–H groups in total. The molecule has 0 bridgehead atoms. The van der Waals surface area contributed by atoms with Crippen molar-refractivity contribution in [1.29, 1.82) is 0 Å². The van der Waals surface area contributed by atoms with E-state index in [2.05, 4.69) is 10.6 Å². The average Bonchev–Trinajstić information content (AvgIpc) is 3.11. The number of Topliss-reactive ketones (excluding diaryl/α,β-unsaturated/α-hetero) is 1. The number of ketones is 1. The summed E-state index contributed by atoms with van der Waals surface area (Å²) in [5.41, 5.74) is 0.199. The monoisotopic (exact) mass is 364 g/mol. The maximum absolute atomic E-state index is 12.8. The van der Waals surface area contributed by atoms with Crippen LogP contribution < -0.4 is 10.6 Å². The zero-order valence-corrected chi connectivity index (χ0v) is 16.0. The fourth-order valence-electron chi connectivity index (χ4n) is 3.04. The molecule has 0 saturated carbocycles. The van der Waals surface area contributed by atoms with Crippen LogP contribution in [0.4, 0.5) is 0 Å². The lowest BCUT2D eigenvalue weighted by atomic mass is 9.87. The third-order valence-corrected chi connectivity index (χ3v) is 4.40. The second kappa shape index (κ2) is 8.03. The van der Waals surface area contributed by atoms with Gasteiger partial charge in [0.2, 0.25) is 5.91 Å². The van der Waals surface area contributed by atoms with Gasteiger partial charge in [-0.15, -0.1) is 0 Å². The van der Waals surface area contributed by atoms with Crippen molar-refractivity contribution in [3.8, 4) is 0 Å². The Hall–Kier alpha value is -2.15. The van der Waals surface area contributed by atoms with Crippen molar-refractivity contribution < 1.29 is 23.5 Å². The topological polar surface area (TPSA) is 97.6 Å². The summed E-state index contributed by atoms with van der Waals surface area (Å²) in [4.78, 5) is 37.3. The number of furan rings is 1. The van der Waals surface area contributed by atoms with Gasteiger partial charge in [-0.3, -0.25) is 14.4 Å². The lowest BCUT2D eigenvalue weighted by Crippen LogP contribution is -2.54. The van der Waals surface area contributed by atoms with Crippen molar-refractivity contribution in [2.24, 2.45) is 5.41 Å². The molecule has 1 aromatic rings. The van der Waals surface area contributed by atoms with Crippen LogP contribution in [0.15, 0.2) is 16.7 Å². The van der Waals surface area contributed by atoms with Crippen LogP contribution in [0.25, 0.3) is 0 Å². The Labute approximate surface area is 153 Å². The van der Waals surface area contributed by atoms with E-state index in [4.69, 9.17) is 9.15 Å². The number of amides is 2. The van der Waals surface area contributed by atoms with E-state index in [1.807, 2.05) is 27.7 Å². The molecular weight excluding hydrogens is 336 g/mol. The molecule has 2 heterocycles. The molecule has 3 unspecified atom stereocenters. The highest BCUT2D eigenvalue weighted by atomic mass is 16.5. The van der Waals surface area contributed by atoms with Crippen LogP contribution in [0, 0.1) is 12.3 Å². The minimum absolute atomic E-state index is 0.00790. The van der Waals surface area contributed by atoms with Crippen molar-refractivity contribution >= 4 is 17.6 Å². The number of nitrogens with one attached hydrogen (secondary N) is 2. The minimum Gasteiger partial charge on any atom is -0.469 e. The highest BCUT2D eigenvalue weighted by molar-refractivity contribution is 5.99. The first-order chi connectivity index (χ1) is 12.1. The zero-order valence-electron chi connectivity index (χ0n) is 16.0. The summed E-state index contributed by atoms with van der Waals surface area (Å²) in [6.07, 6.45) is 2.17. The van der Waals surface area contributed by atoms with E-state index in [1.165, 1.54) is 6.26 Å². The Bertz CT molecular complexity index is 674. The largest absolute Gasteiger partial charge is 0.469 e. The molecule has 1 aromatic heterocycles.